The number of rotatable bonds is 2. The maximum absolute atomic E-state index is 10.3. The Morgan fingerprint density at radius 3 is 2.25 bits per heavy atom. The summed E-state index contributed by atoms with van der Waals surface area (Å²) >= 11 is 0. The van der Waals surface area contributed by atoms with Gasteiger partial charge in [-0.1, -0.05) is 12.8 Å². The Labute approximate surface area is 91.3 Å². The normalized spacial score (nSPS) is 26.7. The molecule has 1 saturated carbocycles. The zero-order valence-corrected chi connectivity index (χ0v) is 8.92. The molecule has 0 aliphatic heterocycles. The van der Waals surface area contributed by atoms with Crippen LogP contribution in [0.25, 0.3) is 0 Å². The quantitative estimate of drug-likeness (QED) is 0.679. The first kappa shape index (κ1) is 14.5. The van der Waals surface area contributed by atoms with Crippen molar-refractivity contribution in [1.29, 1.82) is 0 Å². The number of carbonyl (C=O) groups is 1. The third kappa shape index (κ3) is 3.61. The molecular formula is C8H12O3Sc-2. The van der Waals surface area contributed by atoms with Gasteiger partial charge in [-0.15, -0.1) is 5.92 Å². The van der Waals surface area contributed by atoms with Gasteiger partial charge in [0.05, 0.1) is 5.92 Å². The standard InChI is InChI=1S/C7H9O3.CH3.Sc/c8-4-5-1-2-6(3-5)7(9)10;;/h5-6H,1-3H2,(H,9,10);1H3;/q2*-1;. The first-order valence-corrected chi connectivity index (χ1v) is 3.34. The van der Waals surface area contributed by atoms with E-state index in [1.165, 1.54) is 0 Å². The van der Waals surface area contributed by atoms with Crippen molar-refractivity contribution < 1.29 is 40.5 Å². The van der Waals surface area contributed by atoms with Crippen LogP contribution in [-0.2, 0) is 35.4 Å². The van der Waals surface area contributed by atoms with E-state index in [1.54, 1.807) is 0 Å². The van der Waals surface area contributed by atoms with Crippen molar-refractivity contribution in [2.75, 3.05) is 0 Å². The number of hydrogen-bond acceptors (Lipinski definition) is 2. The molecule has 0 saturated heterocycles. The molecule has 0 aromatic rings. The molecule has 1 fully saturated rings. The van der Waals surface area contributed by atoms with E-state index < -0.39 is 5.97 Å². The second-order valence-electron chi connectivity index (χ2n) is 2.66. The topological polar surface area (TPSA) is 54.4 Å². The first-order valence-electron chi connectivity index (χ1n) is 3.34. The smallest absolute Gasteiger partial charge is 0.306 e. The SMILES string of the molecule is O=[C-]C1CCC(C(=O)O)C1.[CH3-].[Sc]. The molecule has 1 aliphatic rings. The monoisotopic (exact) mass is 201 g/mol. The van der Waals surface area contributed by atoms with E-state index in [0.717, 1.165) is 0 Å². The van der Waals surface area contributed by atoms with Crippen LogP contribution < -0.4 is 0 Å². The Morgan fingerprint density at radius 1 is 1.42 bits per heavy atom. The van der Waals surface area contributed by atoms with E-state index >= 15 is 0 Å². The molecule has 1 N–H and O–H groups in total. The summed E-state index contributed by atoms with van der Waals surface area (Å²) in [7, 11) is 0. The second-order valence-corrected chi connectivity index (χ2v) is 2.66. The fourth-order valence-electron chi connectivity index (χ4n) is 1.31. The van der Waals surface area contributed by atoms with E-state index in [0.29, 0.717) is 19.3 Å². The van der Waals surface area contributed by atoms with Crippen LogP contribution in [0.1, 0.15) is 19.3 Å². The maximum atomic E-state index is 10.3. The molecule has 0 spiro atoms. The average Bonchev–Trinajstić information content (AvgIpc) is 2.34. The fourth-order valence-corrected chi connectivity index (χ4v) is 1.31. The Bertz CT molecular complexity index is 158. The predicted molar refractivity (Wildman–Crippen MR) is 40.6 cm³/mol. The van der Waals surface area contributed by atoms with E-state index in [2.05, 4.69) is 0 Å². The molecule has 2 atom stereocenters. The molecule has 67 valence electrons. The van der Waals surface area contributed by atoms with Crippen molar-refractivity contribution in [3.05, 3.63) is 7.43 Å². The van der Waals surface area contributed by atoms with Gasteiger partial charge in [-0.2, -0.15) is 0 Å². The molecule has 1 aliphatic carbocycles. The van der Waals surface area contributed by atoms with Gasteiger partial charge in [0.25, 0.3) is 0 Å². The summed E-state index contributed by atoms with van der Waals surface area (Å²) in [6.07, 6.45) is 3.65. The van der Waals surface area contributed by atoms with Gasteiger partial charge >= 0.3 is 5.97 Å². The van der Waals surface area contributed by atoms with Gasteiger partial charge in [0.2, 0.25) is 0 Å². The van der Waals surface area contributed by atoms with Gasteiger partial charge in [-0.05, 0) is 6.42 Å². The van der Waals surface area contributed by atoms with E-state index in [4.69, 9.17) is 5.11 Å². The Kier molecular flexibility index (Phi) is 7.89. The summed E-state index contributed by atoms with van der Waals surface area (Å²) in [6, 6.07) is 0. The van der Waals surface area contributed by atoms with E-state index in [-0.39, 0.29) is 45.1 Å². The number of carbonyl (C=O) groups excluding carboxylic acids is 1. The van der Waals surface area contributed by atoms with Crippen molar-refractivity contribution in [2.45, 2.75) is 19.3 Å². The molecule has 1 radical (unpaired) electrons. The van der Waals surface area contributed by atoms with Crippen LogP contribution in [0.15, 0.2) is 0 Å². The molecule has 0 aromatic heterocycles. The van der Waals surface area contributed by atoms with Crippen molar-refractivity contribution >= 4 is 12.3 Å². The van der Waals surface area contributed by atoms with Gasteiger partial charge in [-0.3, -0.25) is 11.1 Å². The summed E-state index contributed by atoms with van der Waals surface area (Å²) < 4.78 is 0. The zero-order chi connectivity index (χ0) is 7.56. The Balaban J connectivity index is 0. The van der Waals surface area contributed by atoms with Gasteiger partial charge in [0.15, 0.2) is 0 Å². The third-order valence-corrected chi connectivity index (χ3v) is 1.95. The number of aliphatic carboxylic acids is 1. The van der Waals surface area contributed by atoms with Crippen LogP contribution in [0, 0.1) is 19.3 Å². The molecule has 0 heterocycles. The predicted octanol–water partition coefficient (Wildman–Crippen LogP) is 1.04. The average molecular weight is 201 g/mol. The van der Waals surface area contributed by atoms with Gasteiger partial charge < -0.3 is 17.3 Å². The van der Waals surface area contributed by atoms with Crippen LogP contribution in [0.3, 0.4) is 0 Å². The van der Waals surface area contributed by atoms with E-state index in [1.807, 2.05) is 6.29 Å². The van der Waals surface area contributed by atoms with Gasteiger partial charge in [-0.25, -0.2) is 0 Å². The zero-order valence-electron chi connectivity index (χ0n) is 7.12. The third-order valence-electron chi connectivity index (χ3n) is 1.95. The van der Waals surface area contributed by atoms with Crippen LogP contribution in [0.4, 0.5) is 0 Å². The van der Waals surface area contributed by atoms with Crippen molar-refractivity contribution in [3.8, 4) is 0 Å². The van der Waals surface area contributed by atoms with Crippen LogP contribution >= 0.6 is 0 Å². The van der Waals surface area contributed by atoms with Crippen molar-refractivity contribution in [1.82, 2.24) is 0 Å². The minimum Gasteiger partial charge on any atom is -0.542 e. The van der Waals surface area contributed by atoms with Crippen LogP contribution in [-0.4, -0.2) is 17.4 Å². The molecule has 0 amide bonds. The minimum atomic E-state index is -0.780. The maximum Gasteiger partial charge on any atom is 0.306 e. The molecule has 1 rings (SSSR count). The van der Waals surface area contributed by atoms with Crippen molar-refractivity contribution in [2.24, 2.45) is 11.8 Å². The van der Waals surface area contributed by atoms with Crippen molar-refractivity contribution in [3.63, 3.8) is 0 Å². The molecule has 12 heavy (non-hydrogen) atoms. The molecule has 3 nitrogen and oxygen atoms in total. The van der Waals surface area contributed by atoms with Crippen LogP contribution in [0.2, 0.25) is 0 Å². The van der Waals surface area contributed by atoms with Crippen LogP contribution in [0.5, 0.6) is 0 Å². The molecule has 0 aromatic carbocycles. The Morgan fingerprint density at radius 2 is 2.00 bits per heavy atom. The minimum absolute atomic E-state index is 0. The largest absolute Gasteiger partial charge is 0.542 e. The fraction of sp³-hybridized carbons (Fsp3) is 0.625. The number of carboxylic acids is 1. The summed E-state index contributed by atoms with van der Waals surface area (Å²) in [5.41, 5.74) is 0. The summed E-state index contributed by atoms with van der Waals surface area (Å²) in [4.78, 5) is 20.4. The summed E-state index contributed by atoms with van der Waals surface area (Å²) in [6.45, 7) is 0. The number of hydrogen-bond donors (Lipinski definition) is 1. The molecule has 4 heteroatoms. The summed E-state index contributed by atoms with van der Waals surface area (Å²) in [5, 5.41) is 8.50. The van der Waals surface area contributed by atoms with E-state index in [9.17, 15) is 9.59 Å². The molecule has 0 bridgehead atoms. The molecular weight excluding hydrogens is 189 g/mol. The molecule has 2 unspecified atom stereocenters. The number of carboxylic acid groups (broad SMARTS) is 1. The van der Waals surface area contributed by atoms with Gasteiger partial charge in [0, 0.05) is 25.8 Å². The first-order chi connectivity index (χ1) is 4.74. The second kappa shape index (κ2) is 6.52. The van der Waals surface area contributed by atoms with Gasteiger partial charge in [0.1, 0.15) is 0 Å². The summed E-state index contributed by atoms with van der Waals surface area (Å²) in [5.74, 6) is -1.20. The Hall–Kier alpha value is 0.0101.